The normalized spacial score (nSPS) is 12.4. The predicted octanol–water partition coefficient (Wildman–Crippen LogP) is 37.3. The van der Waals surface area contributed by atoms with Gasteiger partial charge in [0.1, 0.15) is 22.3 Å². The number of hydrogen-bond donors (Lipinski definition) is 0. The molecule has 0 saturated carbocycles. The van der Waals surface area contributed by atoms with E-state index in [2.05, 4.69) is 554 Å². The Balaban J connectivity index is 0.000000104. The molecular formula is C132H121N5O2. The highest BCUT2D eigenvalue weighted by atomic mass is 16.3. The third kappa shape index (κ3) is 16.2. The number of nitrogens with zero attached hydrogens (tertiary/aromatic N) is 5. The minimum absolute atomic E-state index is 0.0166. The largest absolute Gasteiger partial charge is 0.456 e. The first-order valence-corrected chi connectivity index (χ1v) is 49.1. The zero-order valence-electron chi connectivity index (χ0n) is 83.2. The molecule has 139 heavy (non-hydrogen) atoms. The summed E-state index contributed by atoms with van der Waals surface area (Å²) in [5.74, 6) is 0. The van der Waals surface area contributed by atoms with Crippen molar-refractivity contribution in [2.45, 2.75) is 157 Å². The molecule has 7 aromatic heterocycles. The third-order valence-electron chi connectivity index (χ3n) is 27.9. The fourth-order valence-corrected chi connectivity index (χ4v) is 21.7. The van der Waals surface area contributed by atoms with Crippen molar-refractivity contribution in [3.05, 3.63) is 434 Å². The van der Waals surface area contributed by atoms with Crippen LogP contribution < -0.4 is 0 Å². The second-order valence-electron chi connectivity index (χ2n) is 43.5. The van der Waals surface area contributed by atoms with Crippen LogP contribution in [0.2, 0.25) is 0 Å². The van der Waals surface area contributed by atoms with E-state index in [1.165, 1.54) is 203 Å². The molecule has 0 radical (unpaired) electrons. The Morgan fingerprint density at radius 1 is 0.194 bits per heavy atom. The number of aromatic nitrogens is 5. The summed E-state index contributed by atoms with van der Waals surface area (Å²) in [6.45, 7) is 41.2. The van der Waals surface area contributed by atoms with Crippen molar-refractivity contribution in [1.29, 1.82) is 0 Å². The van der Waals surface area contributed by atoms with Crippen molar-refractivity contribution in [1.82, 2.24) is 22.8 Å². The molecule has 0 unspecified atom stereocenters. The average Bonchev–Trinajstić information content (AvgIpc) is 1.57. The van der Waals surface area contributed by atoms with Crippen LogP contribution in [0.15, 0.2) is 415 Å². The Bertz CT molecular complexity index is 8770. The van der Waals surface area contributed by atoms with Gasteiger partial charge in [0.05, 0.1) is 61.0 Å². The summed E-state index contributed by atoms with van der Waals surface area (Å²) < 4.78 is 24.9. The van der Waals surface area contributed by atoms with Gasteiger partial charge in [-0.15, -0.1) is 0 Å². The average molecular weight is 1810 g/mol. The first-order valence-electron chi connectivity index (χ1n) is 49.1. The molecule has 7 heterocycles. The summed E-state index contributed by atoms with van der Waals surface area (Å²) >= 11 is 0. The van der Waals surface area contributed by atoms with Gasteiger partial charge in [-0.1, -0.05) is 395 Å². The molecule has 686 valence electrons. The second-order valence-corrected chi connectivity index (χ2v) is 43.5. The number of fused-ring (bicyclic) bond motifs is 21. The smallest absolute Gasteiger partial charge is 0.136 e. The highest BCUT2D eigenvalue weighted by Crippen LogP contribution is 2.50. The number of benzene rings is 18. The van der Waals surface area contributed by atoms with Crippen molar-refractivity contribution in [2.24, 2.45) is 0 Å². The monoisotopic (exact) mass is 1810 g/mol. The topological polar surface area (TPSA) is 50.9 Å². The van der Waals surface area contributed by atoms with E-state index >= 15 is 0 Å². The molecule has 0 atom stereocenters. The minimum Gasteiger partial charge on any atom is -0.456 e. The molecule has 7 heteroatoms. The zero-order valence-corrected chi connectivity index (χ0v) is 83.2. The maximum absolute atomic E-state index is 6.49. The van der Waals surface area contributed by atoms with E-state index in [1.54, 1.807) is 0 Å². The van der Waals surface area contributed by atoms with Crippen molar-refractivity contribution < 1.29 is 8.83 Å². The molecule has 25 aromatic rings. The van der Waals surface area contributed by atoms with Crippen LogP contribution in [0.3, 0.4) is 0 Å². The van der Waals surface area contributed by atoms with Gasteiger partial charge in [-0.3, -0.25) is 0 Å². The molecule has 7 nitrogen and oxygen atoms in total. The number of furan rings is 2. The van der Waals surface area contributed by atoms with Crippen LogP contribution in [0.1, 0.15) is 152 Å². The molecule has 0 bridgehead atoms. The van der Waals surface area contributed by atoms with Crippen molar-refractivity contribution in [3.63, 3.8) is 0 Å². The van der Waals surface area contributed by atoms with Gasteiger partial charge in [-0.2, -0.15) is 0 Å². The lowest BCUT2D eigenvalue weighted by atomic mass is 9.73. The first-order chi connectivity index (χ1) is 66.9. The van der Waals surface area contributed by atoms with Crippen molar-refractivity contribution in [3.8, 4) is 45.0 Å². The van der Waals surface area contributed by atoms with Gasteiger partial charge in [0.2, 0.25) is 0 Å². The molecule has 25 rings (SSSR count). The summed E-state index contributed by atoms with van der Waals surface area (Å²) in [7, 11) is 0. The van der Waals surface area contributed by atoms with Crippen LogP contribution in [-0.2, 0) is 32.6 Å². The summed E-state index contributed by atoms with van der Waals surface area (Å²) in [5, 5.41) is 17.9. The Morgan fingerprint density at radius 2 is 0.511 bits per heavy atom. The first kappa shape index (κ1) is 90.1. The summed E-state index contributed by atoms with van der Waals surface area (Å²) in [5.41, 5.74) is 33.2. The molecule has 0 amide bonds. The van der Waals surface area contributed by atoms with E-state index in [0.29, 0.717) is 0 Å². The maximum Gasteiger partial charge on any atom is 0.136 e. The minimum atomic E-state index is -0.123. The molecule has 18 aromatic carbocycles. The van der Waals surface area contributed by atoms with Gasteiger partial charge in [-0.25, -0.2) is 0 Å². The Kier molecular flexibility index (Phi) is 22.7. The second kappa shape index (κ2) is 35.0. The summed E-state index contributed by atoms with van der Waals surface area (Å²) in [4.78, 5) is 0. The van der Waals surface area contributed by atoms with E-state index in [9.17, 15) is 0 Å². The Labute approximate surface area is 815 Å². The van der Waals surface area contributed by atoms with Crippen LogP contribution in [-0.4, -0.2) is 22.8 Å². The summed E-state index contributed by atoms with van der Waals surface area (Å²) in [6, 6.07) is 146. The number of para-hydroxylation sites is 10. The maximum atomic E-state index is 6.49. The SMILES string of the molecule is CC(C)(C)c1c(-n2c3ccccc3c3ccccc32)ccc2oc3cccc(-c4ccccc4)c3c12.CC(C)(C)c1ccc(-n2c3ccccc3c3ccccc32)cc1.CC(C)(C)c1ccc2oc3cccc(-c4ccccc4)c3c2c1C(C)(C)C.CC(C)(C)c1cccc(-n2c3ccccc3c3ccccc32)c1.CC(C)(C)n1c2ccccc2c2cccc(-n3c4ccccc4c4ccccc43)c21. The quantitative estimate of drug-likeness (QED) is 0.167. The summed E-state index contributed by atoms with van der Waals surface area (Å²) in [6.07, 6.45) is 0. The van der Waals surface area contributed by atoms with Crippen molar-refractivity contribution in [2.75, 3.05) is 0 Å². The van der Waals surface area contributed by atoms with Crippen LogP contribution >= 0.6 is 0 Å². The number of rotatable bonds is 6. The van der Waals surface area contributed by atoms with E-state index in [4.69, 9.17) is 8.83 Å². The lowest BCUT2D eigenvalue weighted by Crippen LogP contribution is -2.22. The Morgan fingerprint density at radius 3 is 0.892 bits per heavy atom. The molecule has 0 N–H and O–H groups in total. The van der Waals surface area contributed by atoms with E-state index in [0.717, 1.165) is 22.3 Å². The van der Waals surface area contributed by atoms with E-state index in [1.807, 2.05) is 0 Å². The molecule has 0 aliphatic carbocycles. The van der Waals surface area contributed by atoms with Gasteiger partial charge in [0.25, 0.3) is 0 Å². The van der Waals surface area contributed by atoms with Gasteiger partial charge in [0, 0.05) is 97.8 Å². The zero-order chi connectivity index (χ0) is 96.3. The Hall–Kier alpha value is -15.4. The highest BCUT2D eigenvalue weighted by Gasteiger charge is 2.33. The fourth-order valence-electron chi connectivity index (χ4n) is 21.7. The molecule has 0 spiro atoms. The molecule has 0 aliphatic rings. The van der Waals surface area contributed by atoms with Crippen LogP contribution in [0.4, 0.5) is 0 Å². The number of hydrogen-bond acceptors (Lipinski definition) is 2. The van der Waals surface area contributed by atoms with Crippen LogP contribution in [0.5, 0.6) is 0 Å². The fraction of sp³-hybridized carbons (Fsp3) is 0.182. The molecular weight excluding hydrogens is 1690 g/mol. The van der Waals surface area contributed by atoms with Crippen LogP contribution in [0.25, 0.3) is 198 Å². The molecule has 0 saturated heterocycles. The highest BCUT2D eigenvalue weighted by molar-refractivity contribution is 6.19. The van der Waals surface area contributed by atoms with Crippen LogP contribution in [0, 0.1) is 0 Å². The molecule has 0 aliphatic heterocycles. The van der Waals surface area contributed by atoms with Gasteiger partial charge in [0.15, 0.2) is 0 Å². The predicted molar refractivity (Wildman–Crippen MR) is 596 cm³/mol. The lowest BCUT2D eigenvalue weighted by molar-refractivity contribution is 0.423. The van der Waals surface area contributed by atoms with Gasteiger partial charge < -0.3 is 31.7 Å². The standard InChI is InChI=1S/C34H27NO.C28H24N2.C26H28O.2C22H21N/c1-34(2,3)33-28(35-26-17-9-7-14-24(26)25-15-8-10-18-27(25)35)20-21-30-32(33)31-23(16-11-19-29(31)36-30)22-12-5-4-6-13-22;1-28(2,3)30-25-17-9-6-13-21(25)22-14-10-18-26(27(22)30)29-23-15-7-4-11-19(23)20-12-5-8-16-24(20)29;1-25(2,3)19-15-16-21-23(24(19)26(4,5)6)22-18(13-10-14-20(22)27-21)17-11-8-7-9-12-17;1-22(2,3)16-9-8-10-17(15-16)23-20-13-6-4-11-18(20)19-12-5-7-14-21(19)23;1-22(2,3)16-12-14-17(15-13-16)23-20-10-6-4-8-18(20)19-9-5-7-11-21(19)23/h4-21H,1-3H3;4-18H,1-3H3;7-16H,1-6H3;2*4-15H,1-3H3. The van der Waals surface area contributed by atoms with Gasteiger partial charge in [-0.05, 0) is 213 Å². The lowest BCUT2D eigenvalue weighted by Gasteiger charge is -2.31. The molecule has 0 fully saturated rings. The van der Waals surface area contributed by atoms with E-state index < -0.39 is 0 Å². The van der Waals surface area contributed by atoms with Gasteiger partial charge >= 0.3 is 0 Å². The van der Waals surface area contributed by atoms with Crippen molar-refractivity contribution >= 4 is 153 Å². The third-order valence-corrected chi connectivity index (χ3v) is 27.9. The van der Waals surface area contributed by atoms with E-state index in [-0.39, 0.29) is 32.6 Å².